The molecule has 1 N–H and O–H groups in total. The minimum absolute atomic E-state index is 0.0688. The van der Waals surface area contributed by atoms with Crippen LogP contribution in [0.3, 0.4) is 0 Å². The highest BCUT2D eigenvalue weighted by Crippen LogP contribution is 2.34. The molecule has 11 heteroatoms. The Kier molecular flexibility index (Phi) is 9.40. The van der Waals surface area contributed by atoms with Gasteiger partial charge in [0, 0.05) is 6.54 Å². The highest BCUT2D eigenvalue weighted by Gasteiger charge is 2.51. The van der Waals surface area contributed by atoms with Crippen molar-refractivity contribution in [1.29, 1.82) is 0 Å². The van der Waals surface area contributed by atoms with E-state index in [9.17, 15) is 18.0 Å². The van der Waals surface area contributed by atoms with E-state index < -0.39 is 45.8 Å². The number of hydrogen-bond acceptors (Lipinski definition) is 8. The minimum atomic E-state index is -3.95. The van der Waals surface area contributed by atoms with Gasteiger partial charge in [-0.3, -0.25) is 9.08 Å². The van der Waals surface area contributed by atoms with Gasteiger partial charge in [0.2, 0.25) is 0 Å². The highest BCUT2D eigenvalue weighted by molar-refractivity contribution is 7.85. The SMILES string of the molecule is CC(C)(C)OC(=O)N1C(CNC(=O)OCc2ccccc2)C(COS(=O)(=O)Cc2ccccc2)OC1(C)C. The number of carbonyl (C=O) groups excluding carboxylic acids is 2. The maximum absolute atomic E-state index is 13.2. The van der Waals surface area contributed by atoms with Gasteiger partial charge >= 0.3 is 12.2 Å². The first-order valence-corrected chi connectivity index (χ1v) is 13.9. The first-order valence-electron chi connectivity index (χ1n) is 12.3. The summed E-state index contributed by atoms with van der Waals surface area (Å²) in [6.07, 6.45) is -2.24. The van der Waals surface area contributed by atoms with E-state index in [4.69, 9.17) is 18.4 Å². The third kappa shape index (κ3) is 8.71. The number of alkyl carbamates (subject to hydrolysis) is 1. The summed E-state index contributed by atoms with van der Waals surface area (Å²) in [5.74, 6) is -0.311. The zero-order valence-electron chi connectivity index (χ0n) is 22.4. The fourth-order valence-corrected chi connectivity index (χ4v) is 5.08. The molecule has 2 aromatic rings. The molecular weight excluding hydrogens is 512 g/mol. The van der Waals surface area contributed by atoms with Crippen molar-refractivity contribution in [3.05, 3.63) is 71.8 Å². The van der Waals surface area contributed by atoms with Crippen molar-refractivity contribution in [2.45, 2.75) is 70.5 Å². The van der Waals surface area contributed by atoms with Gasteiger partial charge in [-0.25, -0.2) is 9.59 Å². The first-order chi connectivity index (χ1) is 17.8. The van der Waals surface area contributed by atoms with Gasteiger partial charge in [0.05, 0.1) is 12.6 Å². The van der Waals surface area contributed by atoms with Crippen molar-refractivity contribution in [1.82, 2.24) is 10.2 Å². The summed E-state index contributed by atoms with van der Waals surface area (Å²) in [6, 6.07) is 17.0. The zero-order chi connectivity index (χ0) is 28.0. The fourth-order valence-electron chi connectivity index (χ4n) is 4.06. The molecule has 2 unspecified atom stereocenters. The van der Waals surface area contributed by atoms with Crippen molar-refractivity contribution < 1.29 is 36.4 Å². The Bertz CT molecular complexity index is 1180. The van der Waals surface area contributed by atoms with E-state index in [1.807, 2.05) is 30.3 Å². The third-order valence-electron chi connectivity index (χ3n) is 5.64. The van der Waals surface area contributed by atoms with Gasteiger partial charge in [0.15, 0.2) is 0 Å². The van der Waals surface area contributed by atoms with Crippen LogP contribution in [-0.2, 0) is 40.9 Å². The van der Waals surface area contributed by atoms with Gasteiger partial charge in [-0.1, -0.05) is 60.7 Å². The van der Waals surface area contributed by atoms with Gasteiger partial charge in [-0.2, -0.15) is 8.42 Å². The smallest absolute Gasteiger partial charge is 0.412 e. The summed E-state index contributed by atoms with van der Waals surface area (Å²) in [5.41, 5.74) is -0.555. The summed E-state index contributed by atoms with van der Waals surface area (Å²) < 4.78 is 47.5. The Morgan fingerprint density at radius 2 is 1.58 bits per heavy atom. The summed E-state index contributed by atoms with van der Waals surface area (Å²) in [5, 5.41) is 2.65. The molecule has 0 spiro atoms. The standard InChI is InChI=1S/C27H36N2O8S/c1-26(2,3)37-25(31)29-22(16-28-24(30)34-17-20-12-8-6-9-13-20)23(36-27(29,4)5)18-35-38(32,33)19-21-14-10-7-11-15-21/h6-15,22-23H,16-19H2,1-5H3,(H,28,30). The normalized spacial score (nSPS) is 19.1. The van der Waals surface area contributed by atoms with Gasteiger partial charge in [0.25, 0.3) is 10.1 Å². The predicted molar refractivity (Wildman–Crippen MR) is 140 cm³/mol. The summed E-state index contributed by atoms with van der Waals surface area (Å²) in [6.45, 7) is 8.16. The van der Waals surface area contributed by atoms with E-state index in [-0.39, 0.29) is 25.5 Å². The van der Waals surface area contributed by atoms with E-state index in [1.54, 1.807) is 65.0 Å². The quantitative estimate of drug-likeness (QED) is 0.463. The van der Waals surface area contributed by atoms with Crippen molar-refractivity contribution in [2.24, 2.45) is 0 Å². The largest absolute Gasteiger partial charge is 0.445 e. The molecule has 10 nitrogen and oxygen atoms in total. The lowest BCUT2D eigenvalue weighted by molar-refractivity contribution is -0.0846. The third-order valence-corrected chi connectivity index (χ3v) is 6.82. The molecule has 2 atom stereocenters. The molecule has 0 aliphatic carbocycles. The molecule has 1 fully saturated rings. The Labute approximate surface area is 224 Å². The van der Waals surface area contributed by atoms with Crippen molar-refractivity contribution >= 4 is 22.3 Å². The number of nitrogens with zero attached hydrogens (tertiary/aromatic N) is 1. The molecule has 0 saturated carbocycles. The average molecular weight is 549 g/mol. The van der Waals surface area contributed by atoms with E-state index in [1.165, 1.54) is 4.90 Å². The highest BCUT2D eigenvalue weighted by atomic mass is 32.2. The molecule has 0 aromatic heterocycles. The summed E-state index contributed by atoms with van der Waals surface area (Å²) in [4.78, 5) is 26.9. The van der Waals surface area contributed by atoms with Crippen molar-refractivity contribution in [3.8, 4) is 0 Å². The van der Waals surface area contributed by atoms with Crippen LogP contribution < -0.4 is 5.32 Å². The number of hydrogen-bond donors (Lipinski definition) is 1. The number of rotatable bonds is 9. The van der Waals surface area contributed by atoms with E-state index in [2.05, 4.69) is 5.32 Å². The predicted octanol–water partition coefficient (Wildman–Crippen LogP) is 4.20. The van der Waals surface area contributed by atoms with Crippen LogP contribution >= 0.6 is 0 Å². The number of nitrogens with one attached hydrogen (secondary N) is 1. The van der Waals surface area contributed by atoms with Crippen LogP contribution in [-0.4, -0.2) is 62.1 Å². The second kappa shape index (κ2) is 12.1. The summed E-state index contributed by atoms with van der Waals surface area (Å²) >= 11 is 0. The monoisotopic (exact) mass is 548 g/mol. The van der Waals surface area contributed by atoms with E-state index in [0.29, 0.717) is 5.56 Å². The molecule has 1 aliphatic rings. The lowest BCUT2D eigenvalue weighted by atomic mass is 10.1. The number of benzene rings is 2. The van der Waals surface area contributed by atoms with Crippen LogP contribution in [0.5, 0.6) is 0 Å². The molecule has 2 aromatic carbocycles. The van der Waals surface area contributed by atoms with Gasteiger partial charge in [-0.05, 0) is 45.7 Å². The van der Waals surface area contributed by atoms with Gasteiger partial charge in [0.1, 0.15) is 29.8 Å². The van der Waals surface area contributed by atoms with E-state index >= 15 is 0 Å². The minimum Gasteiger partial charge on any atom is -0.445 e. The molecule has 1 saturated heterocycles. The summed E-state index contributed by atoms with van der Waals surface area (Å²) in [7, 11) is -3.95. The second-order valence-corrected chi connectivity index (χ2v) is 12.1. The Morgan fingerprint density at radius 3 is 2.16 bits per heavy atom. The van der Waals surface area contributed by atoms with Crippen LogP contribution in [0.15, 0.2) is 60.7 Å². The van der Waals surface area contributed by atoms with Crippen LogP contribution in [0.25, 0.3) is 0 Å². The molecule has 208 valence electrons. The van der Waals surface area contributed by atoms with Gasteiger partial charge in [-0.15, -0.1) is 0 Å². The van der Waals surface area contributed by atoms with Crippen LogP contribution in [0, 0.1) is 0 Å². The number of carbonyl (C=O) groups is 2. The van der Waals surface area contributed by atoms with Crippen molar-refractivity contribution in [3.63, 3.8) is 0 Å². The Hall–Kier alpha value is -3.15. The zero-order valence-corrected chi connectivity index (χ0v) is 23.2. The Morgan fingerprint density at radius 1 is 1.00 bits per heavy atom. The number of ether oxygens (including phenoxy) is 3. The first kappa shape index (κ1) is 29.4. The van der Waals surface area contributed by atoms with E-state index in [0.717, 1.165) is 5.56 Å². The maximum Gasteiger partial charge on any atom is 0.412 e. The lowest BCUT2D eigenvalue weighted by Gasteiger charge is -2.35. The molecule has 2 amide bonds. The maximum atomic E-state index is 13.2. The topological polar surface area (TPSA) is 120 Å². The molecule has 1 heterocycles. The molecule has 1 aliphatic heterocycles. The number of amides is 2. The molecule has 38 heavy (non-hydrogen) atoms. The Balaban J connectivity index is 1.71. The molecular formula is C27H36N2O8S. The van der Waals surface area contributed by atoms with Gasteiger partial charge < -0.3 is 19.5 Å². The molecule has 0 bridgehead atoms. The van der Waals surface area contributed by atoms with Crippen LogP contribution in [0.4, 0.5) is 9.59 Å². The lowest BCUT2D eigenvalue weighted by Crippen LogP contribution is -2.54. The van der Waals surface area contributed by atoms with Crippen LogP contribution in [0.1, 0.15) is 45.7 Å². The molecule has 3 rings (SSSR count). The van der Waals surface area contributed by atoms with Crippen LogP contribution in [0.2, 0.25) is 0 Å². The second-order valence-electron chi connectivity index (χ2n) is 10.4. The molecule has 0 radical (unpaired) electrons. The fraction of sp³-hybridized carbons (Fsp3) is 0.481. The van der Waals surface area contributed by atoms with Crippen molar-refractivity contribution in [2.75, 3.05) is 13.2 Å². The average Bonchev–Trinajstić information content (AvgIpc) is 3.09.